The molecule has 2 aromatic rings. The molecule has 3 nitrogen and oxygen atoms in total. The van der Waals surface area contributed by atoms with E-state index in [-0.39, 0.29) is 0 Å². The fourth-order valence-corrected chi connectivity index (χ4v) is 4.42. The second-order valence-corrected chi connectivity index (χ2v) is 7.89. The summed E-state index contributed by atoms with van der Waals surface area (Å²) in [6.45, 7) is 7.81. The monoisotopic (exact) mass is 375 g/mol. The van der Waals surface area contributed by atoms with E-state index >= 15 is 0 Å². The fraction of sp³-hybridized carbons (Fsp3) is 0.400. The zero-order valence-electron chi connectivity index (χ0n) is 17.3. The minimum absolute atomic E-state index is 0.521. The van der Waals surface area contributed by atoms with Crippen LogP contribution in [0.1, 0.15) is 50.2 Å². The van der Waals surface area contributed by atoms with Gasteiger partial charge in [0.1, 0.15) is 5.54 Å². The van der Waals surface area contributed by atoms with Crippen LogP contribution in [0.4, 0.5) is 0 Å². The van der Waals surface area contributed by atoms with Gasteiger partial charge >= 0.3 is 0 Å². The molecule has 1 unspecified atom stereocenters. The maximum absolute atomic E-state index is 5.96. The largest absolute Gasteiger partial charge is 0.387 e. The molecule has 0 bridgehead atoms. The van der Waals surface area contributed by atoms with Crippen molar-refractivity contribution in [3.8, 4) is 0 Å². The molecule has 1 fully saturated rings. The lowest BCUT2D eigenvalue weighted by Crippen LogP contribution is -2.24. The van der Waals surface area contributed by atoms with Crippen molar-refractivity contribution in [3.63, 3.8) is 0 Å². The summed E-state index contributed by atoms with van der Waals surface area (Å²) in [5, 5.41) is 0. The van der Waals surface area contributed by atoms with Crippen molar-refractivity contribution in [1.29, 1.82) is 0 Å². The molecular weight excluding hydrogens is 342 g/mol. The lowest BCUT2D eigenvalue weighted by Gasteiger charge is -2.29. The number of nitrogens with zero attached hydrogens (tertiary/aromatic N) is 2. The Hall–Kier alpha value is -2.39. The molecule has 2 aromatic carbocycles. The number of benzene rings is 2. The number of hydrogen-bond acceptors (Lipinski definition) is 3. The van der Waals surface area contributed by atoms with E-state index in [1.807, 2.05) is 36.4 Å². The molecule has 0 aliphatic carbocycles. The van der Waals surface area contributed by atoms with Gasteiger partial charge in [-0.3, -0.25) is 4.99 Å². The highest BCUT2D eigenvalue weighted by Gasteiger charge is 2.40. The summed E-state index contributed by atoms with van der Waals surface area (Å²) in [6.07, 6.45) is 6.25. The van der Waals surface area contributed by atoms with Crippen LogP contribution in [0.2, 0.25) is 0 Å². The SMILES string of the molecule is C=C1CC(N)=NC1(c1ccccc1)c1ccccc1.CCCC1CCCN1C. The maximum atomic E-state index is 5.96. The highest BCUT2D eigenvalue weighted by atomic mass is 15.1. The molecular formula is C25H33N3. The molecule has 1 saturated heterocycles. The predicted octanol–water partition coefficient (Wildman–Crippen LogP) is 5.13. The number of nitrogens with two attached hydrogens (primary N) is 1. The number of hydrogen-bond donors (Lipinski definition) is 1. The van der Waals surface area contributed by atoms with E-state index < -0.39 is 5.54 Å². The van der Waals surface area contributed by atoms with Crippen LogP contribution < -0.4 is 5.73 Å². The molecule has 148 valence electrons. The van der Waals surface area contributed by atoms with Crippen molar-refractivity contribution in [2.75, 3.05) is 13.6 Å². The van der Waals surface area contributed by atoms with Crippen molar-refractivity contribution in [2.24, 2.45) is 10.7 Å². The molecule has 0 spiro atoms. The van der Waals surface area contributed by atoms with Crippen LogP contribution in [-0.2, 0) is 5.54 Å². The van der Waals surface area contributed by atoms with E-state index in [4.69, 9.17) is 10.7 Å². The minimum atomic E-state index is -0.521. The van der Waals surface area contributed by atoms with Crippen molar-refractivity contribution >= 4 is 5.84 Å². The standard InChI is InChI=1S/C17H16N2.C8H17N/c1-13-12-16(18)19-17(13,14-8-4-2-5-9-14)15-10-6-3-7-11-15;1-3-5-8-6-4-7-9(8)2/h2-11H,1,12H2,(H2,18,19);8H,3-7H2,1-2H3. The summed E-state index contributed by atoms with van der Waals surface area (Å²) in [4.78, 5) is 7.23. The first kappa shape index (κ1) is 20.3. The highest BCUT2D eigenvalue weighted by molar-refractivity contribution is 5.88. The van der Waals surface area contributed by atoms with E-state index in [0.717, 1.165) is 22.7 Å². The third-order valence-electron chi connectivity index (χ3n) is 5.89. The molecule has 2 aliphatic rings. The Bertz CT molecular complexity index is 756. The smallest absolute Gasteiger partial charge is 0.134 e. The van der Waals surface area contributed by atoms with Gasteiger partial charge in [-0.1, -0.05) is 80.6 Å². The average Bonchev–Trinajstić information content (AvgIpc) is 3.26. The van der Waals surface area contributed by atoms with Crippen LogP contribution in [0.3, 0.4) is 0 Å². The summed E-state index contributed by atoms with van der Waals surface area (Å²) in [5.74, 6) is 0.651. The van der Waals surface area contributed by atoms with Gasteiger partial charge < -0.3 is 10.6 Å². The summed E-state index contributed by atoms with van der Waals surface area (Å²) in [5.41, 5.74) is 8.71. The molecule has 0 saturated carbocycles. The number of rotatable bonds is 4. The van der Waals surface area contributed by atoms with Gasteiger partial charge in [-0.2, -0.15) is 0 Å². The molecule has 3 heteroatoms. The first-order valence-corrected chi connectivity index (χ1v) is 10.4. The molecule has 2 aliphatic heterocycles. The van der Waals surface area contributed by atoms with Gasteiger partial charge in [0.05, 0.1) is 5.84 Å². The Labute approximate surface area is 170 Å². The van der Waals surface area contributed by atoms with Crippen LogP contribution >= 0.6 is 0 Å². The topological polar surface area (TPSA) is 41.6 Å². The average molecular weight is 376 g/mol. The Balaban J connectivity index is 0.000000211. The van der Waals surface area contributed by atoms with Gasteiger partial charge in [-0.25, -0.2) is 0 Å². The molecule has 28 heavy (non-hydrogen) atoms. The number of likely N-dealkylation sites (tertiary alicyclic amines) is 1. The van der Waals surface area contributed by atoms with Crippen LogP contribution in [0.5, 0.6) is 0 Å². The second-order valence-electron chi connectivity index (χ2n) is 7.89. The van der Waals surface area contributed by atoms with Gasteiger partial charge in [0.25, 0.3) is 0 Å². The quantitative estimate of drug-likeness (QED) is 0.753. The highest BCUT2D eigenvalue weighted by Crippen LogP contribution is 2.44. The molecule has 0 radical (unpaired) electrons. The molecule has 2 heterocycles. The summed E-state index contributed by atoms with van der Waals surface area (Å²) in [7, 11) is 2.24. The van der Waals surface area contributed by atoms with Crippen molar-refractivity contribution in [2.45, 2.75) is 50.6 Å². The van der Waals surface area contributed by atoms with Gasteiger partial charge in [-0.15, -0.1) is 0 Å². The Morgan fingerprint density at radius 1 is 1.07 bits per heavy atom. The molecule has 0 amide bonds. The Morgan fingerprint density at radius 3 is 2.04 bits per heavy atom. The molecule has 4 rings (SSSR count). The Morgan fingerprint density at radius 2 is 1.64 bits per heavy atom. The third kappa shape index (κ3) is 4.20. The van der Waals surface area contributed by atoms with Crippen LogP contribution in [-0.4, -0.2) is 30.4 Å². The van der Waals surface area contributed by atoms with E-state index in [2.05, 4.69) is 49.7 Å². The van der Waals surface area contributed by atoms with Crippen molar-refractivity contribution < 1.29 is 0 Å². The first-order chi connectivity index (χ1) is 13.6. The lowest BCUT2D eigenvalue weighted by atomic mass is 9.78. The number of aliphatic imine (C=N–C) groups is 1. The summed E-state index contributed by atoms with van der Waals surface area (Å²) < 4.78 is 0. The van der Waals surface area contributed by atoms with E-state index in [0.29, 0.717) is 12.3 Å². The first-order valence-electron chi connectivity index (χ1n) is 10.4. The zero-order chi connectivity index (χ0) is 20.0. The normalized spacial score (nSPS) is 21.1. The van der Waals surface area contributed by atoms with Crippen molar-refractivity contribution in [1.82, 2.24) is 4.90 Å². The fourth-order valence-electron chi connectivity index (χ4n) is 4.42. The van der Waals surface area contributed by atoms with Crippen LogP contribution in [0, 0.1) is 0 Å². The molecule has 1 atom stereocenters. The summed E-state index contributed by atoms with van der Waals surface area (Å²) >= 11 is 0. The Kier molecular flexibility index (Phi) is 6.69. The molecule has 0 aromatic heterocycles. The lowest BCUT2D eigenvalue weighted by molar-refractivity contribution is 0.295. The van der Waals surface area contributed by atoms with Gasteiger partial charge in [0.15, 0.2) is 0 Å². The van der Waals surface area contributed by atoms with E-state index in [1.54, 1.807) is 0 Å². The van der Waals surface area contributed by atoms with E-state index in [1.165, 1.54) is 32.2 Å². The van der Waals surface area contributed by atoms with Gasteiger partial charge in [0, 0.05) is 12.5 Å². The summed E-state index contributed by atoms with van der Waals surface area (Å²) in [6, 6.07) is 21.4. The minimum Gasteiger partial charge on any atom is -0.387 e. The number of amidine groups is 1. The van der Waals surface area contributed by atoms with Crippen LogP contribution in [0.15, 0.2) is 77.8 Å². The van der Waals surface area contributed by atoms with Crippen LogP contribution in [0.25, 0.3) is 0 Å². The zero-order valence-corrected chi connectivity index (χ0v) is 17.3. The maximum Gasteiger partial charge on any atom is 0.134 e. The van der Waals surface area contributed by atoms with E-state index in [9.17, 15) is 0 Å². The second kappa shape index (κ2) is 9.20. The van der Waals surface area contributed by atoms with Gasteiger partial charge in [-0.05, 0) is 49.6 Å². The van der Waals surface area contributed by atoms with Crippen molar-refractivity contribution in [3.05, 3.63) is 83.9 Å². The molecule has 2 N–H and O–H groups in total. The van der Waals surface area contributed by atoms with Gasteiger partial charge in [0.2, 0.25) is 0 Å². The third-order valence-corrected chi connectivity index (χ3v) is 5.89. The predicted molar refractivity (Wildman–Crippen MR) is 120 cm³/mol.